The van der Waals surface area contributed by atoms with Gasteiger partial charge in [-0.2, -0.15) is 0 Å². The van der Waals surface area contributed by atoms with Crippen molar-refractivity contribution in [1.82, 2.24) is 9.88 Å². The van der Waals surface area contributed by atoms with E-state index in [4.69, 9.17) is 9.15 Å². The second-order valence-corrected chi connectivity index (χ2v) is 5.07. The molecule has 2 rings (SSSR count). The molecule has 0 aliphatic heterocycles. The Labute approximate surface area is 119 Å². The van der Waals surface area contributed by atoms with Crippen molar-refractivity contribution in [2.75, 3.05) is 40.2 Å². The molecule has 1 aromatic heterocycles. The van der Waals surface area contributed by atoms with Crippen molar-refractivity contribution in [2.24, 2.45) is 0 Å². The van der Waals surface area contributed by atoms with Gasteiger partial charge in [-0.3, -0.25) is 4.90 Å². The summed E-state index contributed by atoms with van der Waals surface area (Å²) in [6.07, 6.45) is 1.75. The van der Waals surface area contributed by atoms with Crippen molar-refractivity contribution in [3.63, 3.8) is 0 Å². The average Bonchev–Trinajstić information content (AvgIpc) is 2.89. The Kier molecular flexibility index (Phi) is 4.29. The van der Waals surface area contributed by atoms with Gasteiger partial charge in [-0.25, -0.2) is 4.98 Å². The van der Waals surface area contributed by atoms with Crippen LogP contribution in [0.15, 0.2) is 34.9 Å². The molecule has 5 nitrogen and oxygen atoms in total. The van der Waals surface area contributed by atoms with Gasteiger partial charge < -0.3 is 14.1 Å². The molecule has 0 aliphatic rings. The summed E-state index contributed by atoms with van der Waals surface area (Å²) in [6.45, 7) is 0. The van der Waals surface area contributed by atoms with Gasteiger partial charge in [0.05, 0.1) is 13.3 Å². The number of aromatic nitrogens is 1. The van der Waals surface area contributed by atoms with E-state index < -0.39 is 0 Å². The van der Waals surface area contributed by atoms with Crippen LogP contribution in [0.1, 0.15) is 17.5 Å². The van der Waals surface area contributed by atoms with Crippen LogP contribution >= 0.6 is 0 Å². The quantitative estimate of drug-likeness (QED) is 0.838. The van der Waals surface area contributed by atoms with Gasteiger partial charge in [-0.05, 0) is 31.8 Å². The van der Waals surface area contributed by atoms with E-state index in [1.807, 2.05) is 57.4 Å². The third kappa shape index (κ3) is 2.93. The van der Waals surface area contributed by atoms with E-state index in [1.165, 1.54) is 0 Å². The molecule has 0 saturated carbocycles. The zero-order valence-electron chi connectivity index (χ0n) is 12.6. The lowest BCUT2D eigenvalue weighted by molar-refractivity contribution is 0.289. The van der Waals surface area contributed by atoms with Gasteiger partial charge in [0.1, 0.15) is 11.8 Å². The summed E-state index contributed by atoms with van der Waals surface area (Å²) in [5.41, 5.74) is 1.11. The first-order valence-corrected chi connectivity index (χ1v) is 6.46. The molecule has 0 amide bonds. The van der Waals surface area contributed by atoms with Gasteiger partial charge in [-0.1, -0.05) is 12.1 Å². The number of rotatable bonds is 5. The van der Waals surface area contributed by atoms with Crippen LogP contribution < -0.4 is 9.64 Å². The first-order chi connectivity index (χ1) is 9.52. The number of methoxy groups -OCH3 is 1. The molecule has 20 heavy (non-hydrogen) atoms. The van der Waals surface area contributed by atoms with Crippen LogP contribution in [0.25, 0.3) is 0 Å². The Morgan fingerprint density at radius 2 is 1.75 bits per heavy atom. The Morgan fingerprint density at radius 1 is 1.10 bits per heavy atom. The van der Waals surface area contributed by atoms with Crippen LogP contribution in [-0.2, 0) is 0 Å². The predicted molar refractivity (Wildman–Crippen MR) is 79.4 cm³/mol. The van der Waals surface area contributed by atoms with Gasteiger partial charge >= 0.3 is 0 Å². The number of ether oxygens (including phenoxy) is 1. The molecule has 0 radical (unpaired) electrons. The number of hydrogen-bond donors (Lipinski definition) is 0. The minimum atomic E-state index is -0.0189. The van der Waals surface area contributed by atoms with Gasteiger partial charge in [0.15, 0.2) is 0 Å². The number of anilines is 1. The van der Waals surface area contributed by atoms with Gasteiger partial charge in [0.2, 0.25) is 11.8 Å². The fourth-order valence-corrected chi connectivity index (χ4v) is 2.06. The Morgan fingerprint density at radius 3 is 2.20 bits per heavy atom. The number of benzene rings is 1. The molecule has 2 aromatic rings. The normalized spacial score (nSPS) is 12.5. The predicted octanol–water partition coefficient (Wildman–Crippen LogP) is 2.40. The molecule has 0 spiro atoms. The fourth-order valence-electron chi connectivity index (χ4n) is 2.06. The van der Waals surface area contributed by atoms with Crippen molar-refractivity contribution in [3.8, 4) is 5.75 Å². The molecule has 0 saturated heterocycles. The van der Waals surface area contributed by atoms with Crippen LogP contribution in [0.2, 0.25) is 0 Å². The van der Waals surface area contributed by atoms with E-state index in [2.05, 4.69) is 9.88 Å². The van der Waals surface area contributed by atoms with Crippen molar-refractivity contribution in [1.29, 1.82) is 0 Å². The van der Waals surface area contributed by atoms with Crippen molar-refractivity contribution in [3.05, 3.63) is 41.9 Å². The van der Waals surface area contributed by atoms with E-state index in [-0.39, 0.29) is 6.04 Å². The summed E-state index contributed by atoms with van der Waals surface area (Å²) >= 11 is 0. The molecule has 1 unspecified atom stereocenters. The van der Waals surface area contributed by atoms with Gasteiger partial charge in [0.25, 0.3) is 0 Å². The highest BCUT2D eigenvalue weighted by Gasteiger charge is 2.22. The van der Waals surface area contributed by atoms with E-state index >= 15 is 0 Å². The molecule has 5 heteroatoms. The molecule has 0 bridgehead atoms. The summed E-state index contributed by atoms with van der Waals surface area (Å²) in [6, 6.07) is 7.93. The van der Waals surface area contributed by atoms with Crippen LogP contribution in [-0.4, -0.2) is 45.2 Å². The smallest absolute Gasteiger partial charge is 0.218 e. The number of nitrogens with zero attached hydrogens (tertiary/aromatic N) is 3. The third-order valence-corrected chi connectivity index (χ3v) is 3.13. The van der Waals surface area contributed by atoms with E-state index in [0.717, 1.165) is 17.2 Å². The molecule has 1 aromatic carbocycles. The zero-order valence-corrected chi connectivity index (χ0v) is 12.6. The first-order valence-electron chi connectivity index (χ1n) is 6.46. The third-order valence-electron chi connectivity index (χ3n) is 3.13. The SMILES string of the molecule is COc1ccc(C(c2ncc(N(C)C)o2)N(C)C)cc1. The standard InChI is InChI=1S/C15H21N3O2/c1-17(2)13-10-16-15(20-13)14(18(3)4)11-6-8-12(19-5)9-7-11/h6-10,14H,1-5H3. The van der Waals surface area contributed by atoms with Crippen molar-refractivity contribution < 1.29 is 9.15 Å². The second-order valence-electron chi connectivity index (χ2n) is 5.07. The lowest BCUT2D eigenvalue weighted by atomic mass is 10.1. The molecule has 0 fully saturated rings. The molecule has 1 heterocycles. The first kappa shape index (κ1) is 14.4. The summed E-state index contributed by atoms with van der Waals surface area (Å²) in [5.74, 6) is 2.27. The molecular weight excluding hydrogens is 254 g/mol. The van der Waals surface area contributed by atoms with Crippen molar-refractivity contribution >= 4 is 5.88 Å². The maximum atomic E-state index is 5.82. The molecule has 108 valence electrons. The van der Waals surface area contributed by atoms with E-state index in [0.29, 0.717) is 5.89 Å². The summed E-state index contributed by atoms with van der Waals surface area (Å²) < 4.78 is 11.0. The zero-order chi connectivity index (χ0) is 14.7. The van der Waals surface area contributed by atoms with Crippen LogP contribution in [0.5, 0.6) is 5.75 Å². The summed E-state index contributed by atoms with van der Waals surface area (Å²) in [4.78, 5) is 8.37. The minimum Gasteiger partial charge on any atom is -0.497 e. The van der Waals surface area contributed by atoms with Crippen LogP contribution in [0.3, 0.4) is 0 Å². The highest BCUT2D eigenvalue weighted by molar-refractivity contribution is 5.34. The Balaban J connectivity index is 2.34. The molecule has 0 aliphatic carbocycles. The maximum absolute atomic E-state index is 5.82. The lowest BCUT2D eigenvalue weighted by Gasteiger charge is -2.22. The highest BCUT2D eigenvalue weighted by atomic mass is 16.5. The topological polar surface area (TPSA) is 41.7 Å². The van der Waals surface area contributed by atoms with Gasteiger partial charge in [0, 0.05) is 14.1 Å². The van der Waals surface area contributed by atoms with Gasteiger partial charge in [-0.15, -0.1) is 0 Å². The van der Waals surface area contributed by atoms with Crippen LogP contribution in [0.4, 0.5) is 5.88 Å². The Bertz CT molecular complexity index is 547. The minimum absolute atomic E-state index is 0.0189. The maximum Gasteiger partial charge on any atom is 0.218 e. The summed E-state index contributed by atoms with van der Waals surface area (Å²) in [7, 11) is 9.55. The molecule has 1 atom stereocenters. The van der Waals surface area contributed by atoms with Crippen molar-refractivity contribution in [2.45, 2.75) is 6.04 Å². The molecule has 0 N–H and O–H groups in total. The lowest BCUT2D eigenvalue weighted by Crippen LogP contribution is -2.21. The highest BCUT2D eigenvalue weighted by Crippen LogP contribution is 2.29. The number of oxazole rings is 1. The average molecular weight is 275 g/mol. The van der Waals surface area contributed by atoms with E-state index in [1.54, 1.807) is 13.3 Å². The van der Waals surface area contributed by atoms with Crippen LogP contribution in [0, 0.1) is 0 Å². The fraction of sp³-hybridized carbons (Fsp3) is 0.400. The Hall–Kier alpha value is -2.01. The monoisotopic (exact) mass is 275 g/mol. The summed E-state index contributed by atoms with van der Waals surface area (Å²) in [5, 5.41) is 0. The second kappa shape index (κ2) is 5.96. The largest absolute Gasteiger partial charge is 0.497 e. The molecular formula is C15H21N3O2. The van der Waals surface area contributed by atoms with E-state index in [9.17, 15) is 0 Å². The number of hydrogen-bond acceptors (Lipinski definition) is 5.